The molecular weight excluding hydrogens is 316 g/mol. The van der Waals surface area contributed by atoms with Crippen LogP contribution in [0, 0.1) is 0 Å². The fraction of sp³-hybridized carbons (Fsp3) is 0.381. The van der Waals surface area contributed by atoms with Gasteiger partial charge in [0.15, 0.2) is 6.29 Å². The first-order chi connectivity index (χ1) is 12.2. The maximum atomic E-state index is 11.7. The maximum absolute atomic E-state index is 11.7. The number of esters is 1. The van der Waals surface area contributed by atoms with E-state index in [4.69, 9.17) is 14.2 Å². The van der Waals surface area contributed by atoms with Crippen LogP contribution in [0.2, 0.25) is 0 Å². The number of methoxy groups -OCH3 is 1. The first kappa shape index (κ1) is 17.6. The van der Waals surface area contributed by atoms with Gasteiger partial charge in [-0.15, -0.1) is 0 Å². The Bertz CT molecular complexity index is 656. The van der Waals surface area contributed by atoms with Gasteiger partial charge in [-0.1, -0.05) is 60.7 Å². The van der Waals surface area contributed by atoms with Gasteiger partial charge in [0.25, 0.3) is 0 Å². The van der Waals surface area contributed by atoms with Crippen LogP contribution in [0.1, 0.15) is 36.7 Å². The quantitative estimate of drug-likeness (QED) is 0.744. The Morgan fingerprint density at radius 2 is 1.64 bits per heavy atom. The maximum Gasteiger partial charge on any atom is 0.308 e. The number of carbonyl (C=O) groups is 1. The minimum Gasteiger partial charge on any atom is -0.469 e. The smallest absolute Gasteiger partial charge is 0.308 e. The normalized spacial score (nSPS) is 23.2. The molecule has 132 valence electrons. The number of hydrogen-bond acceptors (Lipinski definition) is 4. The Balaban J connectivity index is 1.67. The Morgan fingerprint density at radius 1 is 1.00 bits per heavy atom. The molecule has 0 aliphatic carbocycles. The second kappa shape index (κ2) is 8.79. The predicted molar refractivity (Wildman–Crippen MR) is 94.9 cm³/mol. The van der Waals surface area contributed by atoms with Crippen LogP contribution in [-0.2, 0) is 25.4 Å². The van der Waals surface area contributed by atoms with E-state index in [0.717, 1.165) is 18.4 Å². The van der Waals surface area contributed by atoms with Gasteiger partial charge < -0.3 is 14.2 Å². The molecule has 2 aromatic rings. The highest BCUT2D eigenvalue weighted by atomic mass is 16.7. The van der Waals surface area contributed by atoms with Crippen molar-refractivity contribution in [2.45, 2.75) is 44.2 Å². The molecular formula is C21H24O4. The van der Waals surface area contributed by atoms with Crippen molar-refractivity contribution < 1.29 is 19.0 Å². The molecule has 2 aromatic carbocycles. The summed E-state index contributed by atoms with van der Waals surface area (Å²) in [6.45, 7) is 0. The van der Waals surface area contributed by atoms with E-state index >= 15 is 0 Å². The van der Waals surface area contributed by atoms with E-state index in [9.17, 15) is 4.79 Å². The molecule has 0 unspecified atom stereocenters. The summed E-state index contributed by atoms with van der Waals surface area (Å²) < 4.78 is 17.0. The molecule has 1 aliphatic rings. The van der Waals surface area contributed by atoms with E-state index in [1.54, 1.807) is 0 Å². The van der Waals surface area contributed by atoms with Crippen LogP contribution >= 0.6 is 0 Å². The van der Waals surface area contributed by atoms with E-state index in [0.29, 0.717) is 6.42 Å². The topological polar surface area (TPSA) is 44.8 Å². The van der Waals surface area contributed by atoms with Gasteiger partial charge in [0, 0.05) is 12.0 Å². The van der Waals surface area contributed by atoms with Crippen molar-refractivity contribution in [3.05, 3.63) is 71.8 Å². The molecule has 3 rings (SSSR count). The van der Waals surface area contributed by atoms with Crippen LogP contribution in [0.15, 0.2) is 60.7 Å². The van der Waals surface area contributed by atoms with E-state index in [1.165, 1.54) is 12.7 Å². The molecule has 0 spiro atoms. The van der Waals surface area contributed by atoms with Gasteiger partial charge >= 0.3 is 5.97 Å². The molecule has 1 heterocycles. The highest BCUT2D eigenvalue weighted by molar-refractivity contribution is 5.69. The molecule has 1 saturated heterocycles. The Kier molecular flexibility index (Phi) is 6.20. The number of aryl methyl sites for hydroxylation is 1. The van der Waals surface area contributed by atoms with Gasteiger partial charge in [-0.3, -0.25) is 4.79 Å². The highest BCUT2D eigenvalue weighted by Gasteiger charge is 2.32. The summed E-state index contributed by atoms with van der Waals surface area (Å²) in [5, 5.41) is 0. The fourth-order valence-electron chi connectivity index (χ4n) is 3.11. The highest BCUT2D eigenvalue weighted by Crippen LogP contribution is 2.32. The van der Waals surface area contributed by atoms with Crippen molar-refractivity contribution in [2.75, 3.05) is 7.11 Å². The number of benzene rings is 2. The summed E-state index contributed by atoms with van der Waals surface area (Å²) in [6.07, 6.45) is 2.22. The van der Waals surface area contributed by atoms with Gasteiger partial charge in [-0.05, 0) is 18.4 Å². The summed E-state index contributed by atoms with van der Waals surface area (Å²) in [4.78, 5) is 11.7. The lowest BCUT2D eigenvalue weighted by molar-refractivity contribution is -0.250. The minimum atomic E-state index is -0.439. The second-order valence-electron chi connectivity index (χ2n) is 6.30. The third-order valence-corrected chi connectivity index (χ3v) is 4.45. The molecule has 0 bridgehead atoms. The zero-order chi connectivity index (χ0) is 17.5. The summed E-state index contributed by atoms with van der Waals surface area (Å²) in [6, 6.07) is 20.2. The van der Waals surface area contributed by atoms with E-state index in [-0.39, 0.29) is 24.6 Å². The summed E-state index contributed by atoms with van der Waals surface area (Å²) in [5.41, 5.74) is 2.26. The van der Waals surface area contributed by atoms with Gasteiger partial charge in [0.1, 0.15) is 0 Å². The standard InChI is InChI=1S/C21H24O4/c1-23-20(22)15-19-14-18(13-12-16-8-4-2-5-9-16)24-21(25-19)17-10-6-3-7-11-17/h2-11,18-19,21H,12-15H2,1H3/t18-,19+,21+/m1/s1. The van der Waals surface area contributed by atoms with E-state index in [2.05, 4.69) is 12.1 Å². The van der Waals surface area contributed by atoms with Crippen molar-refractivity contribution >= 4 is 5.97 Å². The first-order valence-corrected chi connectivity index (χ1v) is 8.71. The SMILES string of the molecule is COC(=O)C[C@@H]1C[C@@H](CCc2ccccc2)O[C@H](c2ccccc2)O1. The summed E-state index contributed by atoms with van der Waals surface area (Å²) in [7, 11) is 1.41. The van der Waals surface area contributed by atoms with Gasteiger partial charge in [0.2, 0.25) is 0 Å². The average Bonchev–Trinajstić information content (AvgIpc) is 2.67. The molecule has 0 amide bonds. The molecule has 0 aromatic heterocycles. The lowest BCUT2D eigenvalue weighted by atomic mass is 9.99. The van der Waals surface area contributed by atoms with Crippen LogP contribution in [-0.4, -0.2) is 25.3 Å². The number of ether oxygens (including phenoxy) is 3. The number of carbonyl (C=O) groups excluding carboxylic acids is 1. The lowest BCUT2D eigenvalue weighted by Gasteiger charge is -2.35. The molecule has 3 atom stereocenters. The van der Waals surface area contributed by atoms with Crippen molar-refractivity contribution in [1.29, 1.82) is 0 Å². The molecule has 0 saturated carbocycles. The van der Waals surface area contributed by atoms with Crippen molar-refractivity contribution in [3.8, 4) is 0 Å². The zero-order valence-electron chi connectivity index (χ0n) is 14.5. The number of rotatable bonds is 6. The largest absolute Gasteiger partial charge is 0.469 e. The third-order valence-electron chi connectivity index (χ3n) is 4.45. The Labute approximate surface area is 148 Å². The van der Waals surface area contributed by atoms with E-state index < -0.39 is 6.29 Å². The zero-order valence-corrected chi connectivity index (χ0v) is 14.5. The molecule has 4 nitrogen and oxygen atoms in total. The van der Waals surface area contributed by atoms with Crippen LogP contribution in [0.25, 0.3) is 0 Å². The molecule has 0 radical (unpaired) electrons. The van der Waals surface area contributed by atoms with Crippen LogP contribution < -0.4 is 0 Å². The second-order valence-corrected chi connectivity index (χ2v) is 6.30. The number of hydrogen-bond donors (Lipinski definition) is 0. The monoisotopic (exact) mass is 340 g/mol. The van der Waals surface area contributed by atoms with Gasteiger partial charge in [-0.2, -0.15) is 0 Å². The lowest BCUT2D eigenvalue weighted by Crippen LogP contribution is -2.35. The van der Waals surface area contributed by atoms with E-state index in [1.807, 2.05) is 48.5 Å². The summed E-state index contributed by atoms with van der Waals surface area (Å²) >= 11 is 0. The third kappa shape index (κ3) is 5.15. The minimum absolute atomic E-state index is 0.0498. The van der Waals surface area contributed by atoms with Crippen LogP contribution in [0.3, 0.4) is 0 Å². The van der Waals surface area contributed by atoms with Crippen molar-refractivity contribution in [1.82, 2.24) is 0 Å². The van der Waals surface area contributed by atoms with Crippen LogP contribution in [0.5, 0.6) is 0 Å². The molecule has 25 heavy (non-hydrogen) atoms. The first-order valence-electron chi connectivity index (χ1n) is 8.71. The molecule has 0 N–H and O–H groups in total. The molecule has 4 heteroatoms. The summed E-state index contributed by atoms with van der Waals surface area (Å²) in [5.74, 6) is -0.250. The van der Waals surface area contributed by atoms with Gasteiger partial charge in [0.05, 0.1) is 25.7 Å². The average molecular weight is 340 g/mol. The fourth-order valence-corrected chi connectivity index (χ4v) is 3.11. The van der Waals surface area contributed by atoms with Crippen LogP contribution in [0.4, 0.5) is 0 Å². The van der Waals surface area contributed by atoms with Crippen molar-refractivity contribution in [2.24, 2.45) is 0 Å². The predicted octanol–water partition coefficient (Wildman–Crippen LogP) is 4.06. The van der Waals surface area contributed by atoms with Crippen molar-refractivity contribution in [3.63, 3.8) is 0 Å². The molecule has 1 aliphatic heterocycles. The Hall–Kier alpha value is -2.17. The van der Waals surface area contributed by atoms with Gasteiger partial charge in [-0.25, -0.2) is 0 Å². The Morgan fingerprint density at radius 3 is 2.32 bits per heavy atom. The molecule has 1 fully saturated rings.